The number of halogens is 2. The maximum absolute atomic E-state index is 12.9. The summed E-state index contributed by atoms with van der Waals surface area (Å²) in [7, 11) is 0. The van der Waals surface area contributed by atoms with E-state index in [4.69, 9.17) is 27.9 Å². The van der Waals surface area contributed by atoms with Crippen LogP contribution in [0.4, 0.5) is 5.69 Å². The van der Waals surface area contributed by atoms with Crippen LogP contribution >= 0.6 is 23.2 Å². The molecule has 1 fully saturated rings. The molecule has 0 heterocycles. The van der Waals surface area contributed by atoms with E-state index in [1.807, 2.05) is 26.0 Å². The van der Waals surface area contributed by atoms with Crippen LogP contribution in [0.15, 0.2) is 42.5 Å². The third-order valence-corrected chi connectivity index (χ3v) is 5.79. The summed E-state index contributed by atoms with van der Waals surface area (Å²) < 4.78 is 5.55. The van der Waals surface area contributed by atoms with Crippen molar-refractivity contribution in [1.29, 1.82) is 0 Å². The zero-order chi connectivity index (χ0) is 21.0. The number of carbonyl (C=O) groups is 2. The van der Waals surface area contributed by atoms with Gasteiger partial charge in [-0.05, 0) is 62.6 Å². The van der Waals surface area contributed by atoms with Gasteiger partial charge in [0.1, 0.15) is 5.75 Å². The highest BCUT2D eigenvalue weighted by Crippen LogP contribution is 2.49. The fourth-order valence-electron chi connectivity index (χ4n) is 3.29. The summed E-state index contributed by atoms with van der Waals surface area (Å²) in [5.41, 5.74) is 1.03. The monoisotopic (exact) mass is 434 g/mol. The Morgan fingerprint density at radius 3 is 2.28 bits per heavy atom. The lowest BCUT2D eigenvalue weighted by Gasteiger charge is -2.19. The van der Waals surface area contributed by atoms with Gasteiger partial charge in [0.15, 0.2) is 6.61 Å². The summed E-state index contributed by atoms with van der Waals surface area (Å²) in [6.45, 7) is 5.03. The standard InChI is InChI=1S/C22H24Cl2N2O3/c1-3-26(4-2)20(27)14-29-19-10-9-17(13-18(19)24)25-21(28)22(11-12-22)15-5-7-16(23)8-6-15/h5-10,13H,3-4,11-12,14H2,1-2H3,(H,25,28). The first-order chi connectivity index (χ1) is 13.9. The van der Waals surface area contributed by atoms with Gasteiger partial charge < -0.3 is 15.0 Å². The van der Waals surface area contributed by atoms with E-state index in [-0.39, 0.29) is 18.4 Å². The number of benzene rings is 2. The van der Waals surface area contributed by atoms with E-state index in [0.717, 1.165) is 18.4 Å². The minimum atomic E-state index is -0.511. The Hall–Kier alpha value is -2.24. The minimum Gasteiger partial charge on any atom is -0.482 e. The lowest BCUT2D eigenvalue weighted by molar-refractivity contribution is -0.133. The highest BCUT2D eigenvalue weighted by atomic mass is 35.5. The molecular formula is C22H24Cl2N2O3. The number of ether oxygens (including phenoxy) is 1. The molecule has 2 aromatic carbocycles. The number of carbonyl (C=O) groups excluding carboxylic acids is 2. The van der Waals surface area contributed by atoms with Gasteiger partial charge in [-0.3, -0.25) is 9.59 Å². The molecular weight excluding hydrogens is 411 g/mol. The van der Waals surface area contributed by atoms with Crippen molar-refractivity contribution in [3.8, 4) is 5.75 Å². The van der Waals surface area contributed by atoms with Crippen LogP contribution in [-0.4, -0.2) is 36.4 Å². The average Bonchev–Trinajstić information content (AvgIpc) is 3.51. The Morgan fingerprint density at radius 2 is 1.72 bits per heavy atom. The number of nitrogens with one attached hydrogen (secondary N) is 1. The molecule has 29 heavy (non-hydrogen) atoms. The molecule has 0 aliphatic heterocycles. The zero-order valence-electron chi connectivity index (χ0n) is 16.5. The Bertz CT molecular complexity index is 891. The molecule has 2 amide bonds. The fourth-order valence-corrected chi connectivity index (χ4v) is 3.66. The van der Waals surface area contributed by atoms with Crippen LogP contribution in [0.2, 0.25) is 10.0 Å². The molecule has 0 saturated heterocycles. The second-order valence-corrected chi connectivity index (χ2v) is 7.89. The lowest BCUT2D eigenvalue weighted by Crippen LogP contribution is -2.34. The molecule has 1 aliphatic rings. The van der Waals surface area contributed by atoms with Crippen LogP contribution in [0.1, 0.15) is 32.3 Å². The normalized spacial score (nSPS) is 14.2. The van der Waals surface area contributed by atoms with Gasteiger partial charge in [0, 0.05) is 23.8 Å². The van der Waals surface area contributed by atoms with E-state index in [9.17, 15) is 9.59 Å². The van der Waals surface area contributed by atoms with Gasteiger partial charge in [0.25, 0.3) is 5.91 Å². The first-order valence-electron chi connectivity index (χ1n) is 9.67. The molecule has 5 nitrogen and oxygen atoms in total. The molecule has 7 heteroatoms. The van der Waals surface area contributed by atoms with E-state index in [2.05, 4.69) is 5.32 Å². The van der Waals surface area contributed by atoms with E-state index < -0.39 is 5.41 Å². The molecule has 0 spiro atoms. The van der Waals surface area contributed by atoms with E-state index in [1.54, 1.807) is 35.2 Å². The van der Waals surface area contributed by atoms with Crippen LogP contribution in [0.25, 0.3) is 0 Å². The minimum absolute atomic E-state index is 0.0683. The van der Waals surface area contributed by atoms with Gasteiger partial charge in [-0.1, -0.05) is 35.3 Å². The number of nitrogens with zero attached hydrogens (tertiary/aromatic N) is 1. The van der Waals surface area contributed by atoms with Crippen molar-refractivity contribution in [1.82, 2.24) is 4.90 Å². The van der Waals surface area contributed by atoms with Crippen molar-refractivity contribution < 1.29 is 14.3 Å². The van der Waals surface area contributed by atoms with E-state index in [1.165, 1.54) is 0 Å². The third-order valence-electron chi connectivity index (χ3n) is 5.24. The van der Waals surface area contributed by atoms with Crippen LogP contribution < -0.4 is 10.1 Å². The summed E-state index contributed by atoms with van der Waals surface area (Å²) in [5.74, 6) is 0.243. The van der Waals surface area contributed by atoms with Crippen LogP contribution in [0, 0.1) is 0 Å². The highest BCUT2D eigenvalue weighted by molar-refractivity contribution is 6.32. The number of anilines is 1. The molecule has 2 aromatic rings. The predicted molar refractivity (Wildman–Crippen MR) is 116 cm³/mol. The lowest BCUT2D eigenvalue weighted by atomic mass is 9.95. The van der Waals surface area contributed by atoms with Crippen LogP contribution in [-0.2, 0) is 15.0 Å². The topological polar surface area (TPSA) is 58.6 Å². The van der Waals surface area contributed by atoms with Crippen molar-refractivity contribution >= 4 is 40.7 Å². The van der Waals surface area contributed by atoms with Crippen molar-refractivity contribution in [3.63, 3.8) is 0 Å². The van der Waals surface area contributed by atoms with Gasteiger partial charge in [-0.2, -0.15) is 0 Å². The summed E-state index contributed by atoms with van der Waals surface area (Å²) in [5, 5.41) is 3.92. The Kier molecular flexibility index (Phi) is 6.70. The summed E-state index contributed by atoms with van der Waals surface area (Å²) >= 11 is 12.2. The van der Waals surface area contributed by atoms with Gasteiger partial charge in [-0.15, -0.1) is 0 Å². The predicted octanol–water partition coefficient (Wildman–Crippen LogP) is 4.91. The SMILES string of the molecule is CCN(CC)C(=O)COc1ccc(NC(=O)C2(c3ccc(Cl)cc3)CC2)cc1Cl. The summed E-state index contributed by atoms with van der Waals surface area (Å²) in [4.78, 5) is 26.6. The molecule has 1 saturated carbocycles. The third kappa shape index (κ3) is 4.85. The second kappa shape index (κ2) is 9.06. The van der Waals surface area contributed by atoms with Crippen molar-refractivity contribution in [3.05, 3.63) is 58.1 Å². The van der Waals surface area contributed by atoms with Crippen molar-refractivity contribution in [2.75, 3.05) is 25.0 Å². The molecule has 0 atom stereocenters. The molecule has 0 bridgehead atoms. The summed E-state index contributed by atoms with van der Waals surface area (Å²) in [6.07, 6.45) is 1.59. The Balaban J connectivity index is 1.64. The maximum Gasteiger partial charge on any atom is 0.260 e. The number of amides is 2. The van der Waals surface area contributed by atoms with Crippen LogP contribution in [0.3, 0.4) is 0 Å². The largest absolute Gasteiger partial charge is 0.482 e. The number of hydrogen-bond donors (Lipinski definition) is 1. The molecule has 3 rings (SSSR count). The fraction of sp³-hybridized carbons (Fsp3) is 0.364. The van der Waals surface area contributed by atoms with Crippen LogP contribution in [0.5, 0.6) is 5.75 Å². The second-order valence-electron chi connectivity index (χ2n) is 7.04. The molecule has 0 aromatic heterocycles. The molecule has 1 aliphatic carbocycles. The van der Waals surface area contributed by atoms with Gasteiger partial charge >= 0.3 is 0 Å². The first kappa shape index (κ1) is 21.5. The number of rotatable bonds is 8. The van der Waals surface area contributed by atoms with Crippen molar-refractivity contribution in [2.24, 2.45) is 0 Å². The highest BCUT2D eigenvalue weighted by Gasteiger charge is 2.51. The van der Waals surface area contributed by atoms with E-state index in [0.29, 0.717) is 34.6 Å². The molecule has 154 valence electrons. The Morgan fingerprint density at radius 1 is 1.07 bits per heavy atom. The molecule has 1 N–H and O–H groups in total. The average molecular weight is 435 g/mol. The first-order valence-corrected chi connectivity index (χ1v) is 10.4. The molecule has 0 unspecified atom stereocenters. The zero-order valence-corrected chi connectivity index (χ0v) is 18.0. The van der Waals surface area contributed by atoms with Gasteiger partial charge in [0.05, 0.1) is 10.4 Å². The Labute approximate surface area is 180 Å². The maximum atomic E-state index is 12.9. The van der Waals surface area contributed by atoms with Crippen molar-refractivity contribution in [2.45, 2.75) is 32.1 Å². The van der Waals surface area contributed by atoms with Gasteiger partial charge in [0.2, 0.25) is 5.91 Å². The number of likely N-dealkylation sites (N-methyl/N-ethyl adjacent to an activating group) is 1. The quantitative estimate of drug-likeness (QED) is 0.641. The number of hydrogen-bond acceptors (Lipinski definition) is 3. The smallest absolute Gasteiger partial charge is 0.260 e. The molecule has 0 radical (unpaired) electrons. The van der Waals surface area contributed by atoms with E-state index >= 15 is 0 Å². The summed E-state index contributed by atoms with van der Waals surface area (Å²) in [6, 6.07) is 12.4. The van der Waals surface area contributed by atoms with Gasteiger partial charge in [-0.25, -0.2) is 0 Å².